The highest BCUT2D eigenvalue weighted by Gasteiger charge is 2.41. The predicted molar refractivity (Wildman–Crippen MR) is 133 cm³/mol. The predicted octanol–water partition coefficient (Wildman–Crippen LogP) is 6.63. The van der Waals surface area contributed by atoms with E-state index in [4.69, 9.17) is 14.8 Å². The molecule has 3 aromatic carbocycles. The lowest BCUT2D eigenvalue weighted by molar-refractivity contribution is -0.0163. The van der Waals surface area contributed by atoms with Crippen LogP contribution in [-0.2, 0) is 10.3 Å². The second-order valence-corrected chi connectivity index (χ2v) is 8.83. The van der Waals surface area contributed by atoms with E-state index < -0.39 is 5.54 Å². The number of hydrogen-bond acceptors (Lipinski definition) is 3. The Bertz CT molecular complexity index is 1040. The van der Waals surface area contributed by atoms with Gasteiger partial charge in [0.2, 0.25) is 0 Å². The Balaban J connectivity index is 2.00. The van der Waals surface area contributed by atoms with E-state index in [0.717, 1.165) is 35.4 Å². The smallest absolute Gasteiger partial charge is 0.179 e. The average Bonchev–Trinajstić information content (AvgIpc) is 3.36. The van der Waals surface area contributed by atoms with Crippen molar-refractivity contribution in [2.24, 2.45) is 5.41 Å². The first-order chi connectivity index (χ1) is 16.1. The van der Waals surface area contributed by atoms with E-state index in [1.54, 1.807) is 7.11 Å². The van der Waals surface area contributed by atoms with Gasteiger partial charge in [-0.1, -0.05) is 112 Å². The lowest BCUT2D eigenvalue weighted by Crippen LogP contribution is -2.38. The van der Waals surface area contributed by atoms with E-state index in [-0.39, 0.29) is 11.5 Å². The van der Waals surface area contributed by atoms with Crippen molar-refractivity contribution in [1.29, 1.82) is 0 Å². The monoisotopic (exact) mass is 439 g/mol. The minimum Gasteiger partial charge on any atom is -0.373 e. The summed E-state index contributed by atoms with van der Waals surface area (Å²) in [6, 6.07) is 31.6. The van der Waals surface area contributed by atoms with Gasteiger partial charge in [-0.05, 0) is 29.5 Å². The summed E-state index contributed by atoms with van der Waals surface area (Å²) in [6.07, 6.45) is 3.64. The van der Waals surface area contributed by atoms with Gasteiger partial charge in [0, 0.05) is 12.5 Å². The van der Waals surface area contributed by atoms with Crippen molar-refractivity contribution in [3.05, 3.63) is 120 Å². The molecule has 33 heavy (non-hydrogen) atoms. The Labute approximate surface area is 197 Å². The van der Waals surface area contributed by atoms with Crippen LogP contribution in [0.25, 0.3) is 0 Å². The highest BCUT2D eigenvalue weighted by molar-refractivity contribution is 5.50. The molecule has 0 N–H and O–H groups in total. The molecular formula is C29H33N3O. The van der Waals surface area contributed by atoms with Crippen LogP contribution in [0.15, 0.2) is 97.3 Å². The van der Waals surface area contributed by atoms with Crippen LogP contribution in [0.4, 0.5) is 0 Å². The van der Waals surface area contributed by atoms with E-state index in [1.165, 1.54) is 0 Å². The summed E-state index contributed by atoms with van der Waals surface area (Å²) in [7, 11) is 1.76. The van der Waals surface area contributed by atoms with Gasteiger partial charge < -0.3 is 4.74 Å². The molecule has 1 unspecified atom stereocenters. The summed E-state index contributed by atoms with van der Waals surface area (Å²) < 4.78 is 8.00. The number of methoxy groups -OCH3 is 1. The quantitative estimate of drug-likeness (QED) is 0.275. The fourth-order valence-electron chi connectivity index (χ4n) is 4.81. The molecule has 0 spiro atoms. The molecule has 0 aliphatic carbocycles. The van der Waals surface area contributed by atoms with Crippen LogP contribution in [-0.4, -0.2) is 21.9 Å². The van der Waals surface area contributed by atoms with Gasteiger partial charge in [-0.25, -0.2) is 9.67 Å². The molecule has 1 aromatic heterocycles. The molecule has 170 valence electrons. The number of rotatable bonds is 9. The standard InChI is InChI=1S/C29H33N3O/c1-5-28(3,6-2)26(33-4)27-30-22-32(31-27)29(23-16-10-7-11-17-23,24-18-12-8-13-19-24)25-20-14-9-15-21-25/h7-22,26H,5-6H2,1-4H3. The summed E-state index contributed by atoms with van der Waals surface area (Å²) in [4.78, 5) is 4.82. The third kappa shape index (κ3) is 4.00. The molecule has 0 amide bonds. The fourth-order valence-corrected chi connectivity index (χ4v) is 4.81. The Kier molecular flexibility index (Phi) is 6.75. The Morgan fingerprint density at radius 2 is 1.18 bits per heavy atom. The van der Waals surface area contributed by atoms with Crippen molar-refractivity contribution in [3.63, 3.8) is 0 Å². The van der Waals surface area contributed by atoms with Crippen molar-refractivity contribution in [2.75, 3.05) is 7.11 Å². The van der Waals surface area contributed by atoms with Crippen molar-refractivity contribution < 1.29 is 4.74 Å². The van der Waals surface area contributed by atoms with Crippen molar-refractivity contribution in [3.8, 4) is 0 Å². The zero-order valence-electron chi connectivity index (χ0n) is 20.0. The van der Waals surface area contributed by atoms with Gasteiger partial charge in [-0.3, -0.25) is 0 Å². The number of aromatic nitrogens is 3. The minimum absolute atomic E-state index is 0.0458. The maximum atomic E-state index is 5.99. The molecule has 0 aliphatic heterocycles. The molecule has 0 saturated heterocycles. The maximum absolute atomic E-state index is 5.99. The van der Waals surface area contributed by atoms with Crippen molar-refractivity contribution in [2.45, 2.75) is 45.3 Å². The van der Waals surface area contributed by atoms with Crippen LogP contribution in [0.3, 0.4) is 0 Å². The Morgan fingerprint density at radius 1 is 0.758 bits per heavy atom. The maximum Gasteiger partial charge on any atom is 0.179 e. The van der Waals surface area contributed by atoms with Crippen LogP contribution < -0.4 is 0 Å². The van der Waals surface area contributed by atoms with Crippen LogP contribution in [0, 0.1) is 5.41 Å². The fraction of sp³-hybridized carbons (Fsp3) is 0.310. The third-order valence-electron chi connectivity index (χ3n) is 7.15. The zero-order chi connectivity index (χ0) is 23.3. The second-order valence-electron chi connectivity index (χ2n) is 8.83. The van der Waals surface area contributed by atoms with Gasteiger partial charge in [0.05, 0.1) is 0 Å². The van der Waals surface area contributed by atoms with Crippen LogP contribution >= 0.6 is 0 Å². The topological polar surface area (TPSA) is 39.9 Å². The SMILES string of the molecule is CCC(C)(CC)C(OC)c1ncn(C(c2ccccc2)(c2ccccc2)c2ccccc2)n1. The van der Waals surface area contributed by atoms with E-state index in [1.807, 2.05) is 29.2 Å². The van der Waals surface area contributed by atoms with Crippen molar-refractivity contribution >= 4 is 0 Å². The first-order valence-electron chi connectivity index (χ1n) is 11.7. The highest BCUT2D eigenvalue weighted by Crippen LogP contribution is 2.43. The normalized spacial score (nSPS) is 13.1. The molecule has 4 heteroatoms. The minimum atomic E-state index is -0.665. The van der Waals surface area contributed by atoms with Crippen molar-refractivity contribution in [1.82, 2.24) is 14.8 Å². The Morgan fingerprint density at radius 3 is 1.55 bits per heavy atom. The number of hydrogen-bond donors (Lipinski definition) is 0. The first-order valence-corrected chi connectivity index (χ1v) is 11.7. The van der Waals surface area contributed by atoms with Gasteiger partial charge in [0.25, 0.3) is 0 Å². The number of benzene rings is 3. The third-order valence-corrected chi connectivity index (χ3v) is 7.15. The van der Waals surface area contributed by atoms with Crippen LogP contribution in [0.5, 0.6) is 0 Å². The molecule has 4 nitrogen and oxygen atoms in total. The van der Waals surface area contributed by atoms with E-state index >= 15 is 0 Å². The van der Waals surface area contributed by atoms with E-state index in [0.29, 0.717) is 0 Å². The van der Waals surface area contributed by atoms with Gasteiger partial charge >= 0.3 is 0 Å². The molecule has 0 aliphatic rings. The molecule has 0 saturated carbocycles. The number of nitrogens with zero attached hydrogens (tertiary/aromatic N) is 3. The lowest BCUT2D eigenvalue weighted by Gasteiger charge is -2.36. The largest absolute Gasteiger partial charge is 0.373 e. The second kappa shape index (κ2) is 9.72. The molecule has 1 heterocycles. The molecule has 1 atom stereocenters. The zero-order valence-corrected chi connectivity index (χ0v) is 20.0. The first kappa shape index (κ1) is 22.9. The van der Waals surface area contributed by atoms with E-state index in [9.17, 15) is 0 Å². The highest BCUT2D eigenvalue weighted by atomic mass is 16.5. The summed E-state index contributed by atoms with van der Waals surface area (Å²) in [5.41, 5.74) is 2.67. The summed E-state index contributed by atoms with van der Waals surface area (Å²) >= 11 is 0. The van der Waals surface area contributed by atoms with Crippen LogP contribution in [0.2, 0.25) is 0 Å². The van der Waals surface area contributed by atoms with Gasteiger partial charge in [-0.2, -0.15) is 5.10 Å². The summed E-state index contributed by atoms with van der Waals surface area (Å²) in [5, 5.41) is 5.13. The molecule has 4 aromatic rings. The van der Waals surface area contributed by atoms with Gasteiger partial charge in [0.15, 0.2) is 5.82 Å². The molecular weight excluding hydrogens is 406 g/mol. The molecule has 4 rings (SSSR count). The molecule has 0 fully saturated rings. The lowest BCUT2D eigenvalue weighted by atomic mass is 9.77. The van der Waals surface area contributed by atoms with Crippen LogP contribution in [0.1, 0.15) is 62.2 Å². The molecule has 0 radical (unpaired) electrons. The Hall–Kier alpha value is -3.24. The van der Waals surface area contributed by atoms with Gasteiger partial charge in [-0.15, -0.1) is 0 Å². The summed E-state index contributed by atoms with van der Waals surface area (Å²) in [5.74, 6) is 0.718. The average molecular weight is 440 g/mol. The van der Waals surface area contributed by atoms with Gasteiger partial charge in [0.1, 0.15) is 18.0 Å². The number of ether oxygens (including phenoxy) is 1. The van der Waals surface area contributed by atoms with E-state index in [2.05, 4.69) is 93.6 Å². The summed E-state index contributed by atoms with van der Waals surface area (Å²) in [6.45, 7) is 6.66. The molecule has 0 bridgehead atoms.